The van der Waals surface area contributed by atoms with Gasteiger partial charge in [0.2, 0.25) is 0 Å². The molecule has 1 saturated carbocycles. The van der Waals surface area contributed by atoms with Gasteiger partial charge in [-0.05, 0) is 47.8 Å². The van der Waals surface area contributed by atoms with Crippen molar-refractivity contribution in [3.63, 3.8) is 0 Å². The predicted octanol–water partition coefficient (Wildman–Crippen LogP) is 3.94. The molecule has 1 aromatic rings. The second kappa shape index (κ2) is 5.25. The molecule has 1 saturated heterocycles. The van der Waals surface area contributed by atoms with E-state index in [4.69, 9.17) is 0 Å². The molecule has 1 heterocycles. The van der Waals surface area contributed by atoms with Crippen molar-refractivity contribution in [1.82, 2.24) is 10.2 Å². The van der Waals surface area contributed by atoms with Crippen LogP contribution in [0.1, 0.15) is 45.6 Å². The van der Waals surface area contributed by atoms with E-state index in [1.165, 1.54) is 18.6 Å². The van der Waals surface area contributed by atoms with E-state index in [0.717, 1.165) is 24.9 Å². The van der Waals surface area contributed by atoms with E-state index in [2.05, 4.69) is 26.1 Å². The highest BCUT2D eigenvalue weighted by Crippen LogP contribution is 2.52. The first-order valence-electron chi connectivity index (χ1n) is 8.05. The molecule has 0 radical (unpaired) electrons. The summed E-state index contributed by atoms with van der Waals surface area (Å²) in [6, 6.07) is 6.63. The number of fused-ring (bicyclic) bond motifs is 2. The first-order valence-corrected chi connectivity index (χ1v) is 8.05. The fourth-order valence-electron chi connectivity index (χ4n) is 4.58. The Morgan fingerprint density at radius 2 is 1.95 bits per heavy atom. The van der Waals surface area contributed by atoms with Crippen LogP contribution >= 0.6 is 0 Å². The Hall–Kier alpha value is -1.58. The Bertz CT molecular complexity index is 569. The monoisotopic (exact) mass is 304 g/mol. The van der Waals surface area contributed by atoms with E-state index < -0.39 is 0 Å². The lowest BCUT2D eigenvalue weighted by Crippen LogP contribution is -2.43. The molecule has 2 unspecified atom stereocenters. The third-order valence-electron chi connectivity index (χ3n) is 5.03. The zero-order chi connectivity index (χ0) is 16.0. The summed E-state index contributed by atoms with van der Waals surface area (Å²) < 4.78 is 12.9. The number of nitrogens with one attached hydrogen (secondary N) is 1. The summed E-state index contributed by atoms with van der Waals surface area (Å²) in [5, 5.41) is 2.98. The van der Waals surface area contributed by atoms with Crippen molar-refractivity contribution in [3.05, 3.63) is 35.6 Å². The molecule has 2 amide bonds. The van der Waals surface area contributed by atoms with Crippen molar-refractivity contribution in [2.24, 2.45) is 10.8 Å². The normalized spacial score (nSPS) is 29.5. The number of amides is 2. The highest BCUT2D eigenvalue weighted by Gasteiger charge is 2.50. The Morgan fingerprint density at radius 3 is 2.64 bits per heavy atom. The summed E-state index contributed by atoms with van der Waals surface area (Å²) in [6.07, 6.45) is 3.37. The maximum Gasteiger partial charge on any atom is 0.317 e. The average molecular weight is 304 g/mol. The van der Waals surface area contributed by atoms with E-state index in [1.54, 1.807) is 12.1 Å². The number of benzene rings is 1. The molecule has 2 bridgehead atoms. The number of urea groups is 1. The fourth-order valence-corrected chi connectivity index (χ4v) is 4.58. The van der Waals surface area contributed by atoms with Crippen molar-refractivity contribution < 1.29 is 9.18 Å². The molecule has 1 N–H and O–H groups in total. The van der Waals surface area contributed by atoms with Crippen LogP contribution < -0.4 is 5.32 Å². The minimum atomic E-state index is -0.251. The van der Waals surface area contributed by atoms with E-state index in [0.29, 0.717) is 18.0 Å². The molecule has 2 aliphatic rings. The summed E-state index contributed by atoms with van der Waals surface area (Å²) in [4.78, 5) is 14.5. The van der Waals surface area contributed by atoms with Crippen LogP contribution in [0.2, 0.25) is 0 Å². The highest BCUT2D eigenvalue weighted by molar-refractivity contribution is 5.75. The van der Waals surface area contributed by atoms with Gasteiger partial charge in [-0.3, -0.25) is 0 Å². The van der Waals surface area contributed by atoms with Crippen molar-refractivity contribution in [2.75, 3.05) is 6.54 Å². The minimum absolute atomic E-state index is 0.00995. The average Bonchev–Trinajstić information content (AvgIpc) is 2.67. The van der Waals surface area contributed by atoms with Crippen LogP contribution in [0.3, 0.4) is 0 Å². The van der Waals surface area contributed by atoms with Gasteiger partial charge in [0.1, 0.15) is 5.82 Å². The maximum absolute atomic E-state index is 12.9. The van der Waals surface area contributed by atoms with Gasteiger partial charge in [-0.1, -0.05) is 32.9 Å². The van der Waals surface area contributed by atoms with Crippen LogP contribution in [-0.4, -0.2) is 23.5 Å². The molecule has 2 fully saturated rings. The topological polar surface area (TPSA) is 32.3 Å². The first kappa shape index (κ1) is 15.3. The van der Waals surface area contributed by atoms with Gasteiger partial charge in [0, 0.05) is 19.1 Å². The summed E-state index contributed by atoms with van der Waals surface area (Å²) in [5.74, 6) is -0.251. The largest absolute Gasteiger partial charge is 0.334 e. The number of hydrogen-bond donors (Lipinski definition) is 1. The van der Waals surface area contributed by atoms with E-state index >= 15 is 0 Å². The molecule has 120 valence electrons. The van der Waals surface area contributed by atoms with Crippen LogP contribution in [0.4, 0.5) is 9.18 Å². The van der Waals surface area contributed by atoms with Crippen LogP contribution in [-0.2, 0) is 6.54 Å². The van der Waals surface area contributed by atoms with Crippen LogP contribution in [0.15, 0.2) is 24.3 Å². The molecule has 22 heavy (non-hydrogen) atoms. The Morgan fingerprint density at radius 1 is 1.27 bits per heavy atom. The van der Waals surface area contributed by atoms with Gasteiger partial charge in [0.25, 0.3) is 0 Å². The molecule has 4 heteroatoms. The van der Waals surface area contributed by atoms with E-state index in [9.17, 15) is 9.18 Å². The number of hydrogen-bond acceptors (Lipinski definition) is 1. The zero-order valence-corrected chi connectivity index (χ0v) is 13.7. The minimum Gasteiger partial charge on any atom is -0.334 e. The van der Waals surface area contributed by atoms with Crippen LogP contribution in [0.5, 0.6) is 0 Å². The molecule has 3 nitrogen and oxygen atoms in total. The molecule has 1 aliphatic carbocycles. The Kier molecular flexibility index (Phi) is 3.66. The fraction of sp³-hybridized carbons (Fsp3) is 0.611. The van der Waals surface area contributed by atoms with Crippen LogP contribution in [0.25, 0.3) is 0 Å². The molecule has 0 aromatic heterocycles. The standard InChI is InChI=1S/C18H25FN2O/c1-17(2)8-15-9-18(3,11-17)12-21(15)16(22)20-10-13-4-6-14(19)7-5-13/h4-7,15H,8-12H2,1-3H3,(H,20,22). The van der Waals surface area contributed by atoms with E-state index in [-0.39, 0.29) is 17.3 Å². The third kappa shape index (κ3) is 3.11. The van der Waals surface area contributed by atoms with Crippen molar-refractivity contribution in [1.29, 1.82) is 0 Å². The van der Waals surface area contributed by atoms with Gasteiger partial charge in [-0.15, -0.1) is 0 Å². The Labute approximate surface area is 131 Å². The van der Waals surface area contributed by atoms with Gasteiger partial charge >= 0.3 is 6.03 Å². The molecule has 1 aromatic carbocycles. The van der Waals surface area contributed by atoms with Crippen molar-refractivity contribution >= 4 is 6.03 Å². The number of carbonyl (C=O) groups is 1. The van der Waals surface area contributed by atoms with Gasteiger partial charge in [0.15, 0.2) is 0 Å². The molecule has 3 rings (SSSR count). The summed E-state index contributed by atoms with van der Waals surface area (Å²) in [5.41, 5.74) is 1.48. The lowest BCUT2D eigenvalue weighted by Gasteiger charge is -2.39. The van der Waals surface area contributed by atoms with Crippen molar-refractivity contribution in [2.45, 2.75) is 52.6 Å². The summed E-state index contributed by atoms with van der Waals surface area (Å²) in [6.45, 7) is 8.20. The number of rotatable bonds is 2. The lowest BCUT2D eigenvalue weighted by atomic mass is 9.65. The van der Waals surface area contributed by atoms with Gasteiger partial charge < -0.3 is 10.2 Å². The first-order chi connectivity index (χ1) is 10.3. The third-order valence-corrected chi connectivity index (χ3v) is 5.03. The number of carbonyl (C=O) groups excluding carboxylic acids is 1. The summed E-state index contributed by atoms with van der Waals surface area (Å²) >= 11 is 0. The predicted molar refractivity (Wildman–Crippen MR) is 84.9 cm³/mol. The van der Waals surface area contributed by atoms with Crippen molar-refractivity contribution in [3.8, 4) is 0 Å². The second-order valence-corrected chi connectivity index (χ2v) is 8.13. The molecule has 1 aliphatic heterocycles. The van der Waals surface area contributed by atoms with Gasteiger partial charge in [0.05, 0.1) is 0 Å². The molecule has 0 spiro atoms. The second-order valence-electron chi connectivity index (χ2n) is 8.13. The number of nitrogens with zero attached hydrogens (tertiary/aromatic N) is 1. The zero-order valence-electron chi connectivity index (χ0n) is 13.7. The SMILES string of the molecule is CC1(C)CC2CC(C)(CN2C(=O)NCc2ccc(F)cc2)C1. The number of likely N-dealkylation sites (tertiary alicyclic amines) is 1. The molecular formula is C18H25FN2O. The quantitative estimate of drug-likeness (QED) is 0.882. The summed E-state index contributed by atoms with van der Waals surface area (Å²) in [7, 11) is 0. The molecular weight excluding hydrogens is 279 g/mol. The van der Waals surface area contributed by atoms with E-state index in [1.807, 2.05) is 4.90 Å². The smallest absolute Gasteiger partial charge is 0.317 e. The van der Waals surface area contributed by atoms with Gasteiger partial charge in [-0.2, -0.15) is 0 Å². The lowest BCUT2D eigenvalue weighted by molar-refractivity contribution is 0.129. The maximum atomic E-state index is 12.9. The number of halogens is 1. The Balaban J connectivity index is 1.62. The van der Waals surface area contributed by atoms with Crippen LogP contribution in [0, 0.1) is 16.6 Å². The van der Waals surface area contributed by atoms with Gasteiger partial charge in [-0.25, -0.2) is 9.18 Å². The molecule has 2 atom stereocenters. The highest BCUT2D eigenvalue weighted by atomic mass is 19.1.